The van der Waals surface area contributed by atoms with Crippen LogP contribution in [0.4, 0.5) is 16.2 Å². The lowest BCUT2D eigenvalue weighted by atomic mass is 10.1. The summed E-state index contributed by atoms with van der Waals surface area (Å²) in [5.74, 6) is 0.0850. The molecule has 1 fully saturated rings. The Labute approximate surface area is 196 Å². The number of methoxy groups -OCH3 is 2. The molecule has 0 saturated carbocycles. The Kier molecular flexibility index (Phi) is 6.69. The van der Waals surface area contributed by atoms with Gasteiger partial charge in [-0.1, -0.05) is 23.7 Å². The van der Waals surface area contributed by atoms with E-state index in [2.05, 4.69) is 9.97 Å². The zero-order valence-corrected chi connectivity index (χ0v) is 19.2. The zero-order valence-electron chi connectivity index (χ0n) is 18.5. The van der Waals surface area contributed by atoms with Gasteiger partial charge in [0, 0.05) is 43.0 Å². The maximum Gasteiger partial charge on any atom is 0.228 e. The van der Waals surface area contributed by atoms with Crippen LogP contribution in [-0.4, -0.2) is 61.2 Å². The van der Waals surface area contributed by atoms with E-state index >= 15 is 4.39 Å². The molecule has 10 heteroatoms. The van der Waals surface area contributed by atoms with Gasteiger partial charge >= 0.3 is 0 Å². The van der Waals surface area contributed by atoms with Crippen LogP contribution in [0.5, 0.6) is 11.5 Å². The lowest BCUT2D eigenvalue weighted by Gasteiger charge is -2.35. The summed E-state index contributed by atoms with van der Waals surface area (Å²) in [7, 11) is 2.78. The first-order chi connectivity index (χ1) is 15.9. The van der Waals surface area contributed by atoms with Gasteiger partial charge in [0.05, 0.1) is 14.2 Å². The number of aromatic nitrogens is 2. The molecule has 1 aliphatic rings. The van der Waals surface area contributed by atoms with Gasteiger partial charge in [-0.05, 0) is 30.2 Å². The molecule has 0 spiro atoms. The molecular formula is C23H25ClFN5O3. The number of benzene rings is 2. The minimum atomic E-state index is -0.654. The molecule has 0 unspecified atom stereocenters. The van der Waals surface area contributed by atoms with E-state index in [9.17, 15) is 4.79 Å². The van der Waals surface area contributed by atoms with Crippen LogP contribution < -0.4 is 20.1 Å². The van der Waals surface area contributed by atoms with Crippen LogP contribution in [0, 0.1) is 5.82 Å². The van der Waals surface area contributed by atoms with Crippen LogP contribution in [0.25, 0.3) is 10.9 Å². The fourth-order valence-electron chi connectivity index (χ4n) is 3.90. The van der Waals surface area contributed by atoms with Crippen molar-refractivity contribution in [2.45, 2.75) is 12.8 Å². The van der Waals surface area contributed by atoms with Crippen molar-refractivity contribution < 1.29 is 18.7 Å². The molecule has 3 aromatic rings. The number of rotatable bonds is 6. The summed E-state index contributed by atoms with van der Waals surface area (Å²) < 4.78 is 25.3. The van der Waals surface area contributed by atoms with E-state index in [1.54, 1.807) is 6.07 Å². The van der Waals surface area contributed by atoms with E-state index in [0.29, 0.717) is 55.4 Å². The highest BCUT2D eigenvalue weighted by Gasteiger charge is 2.25. The summed E-state index contributed by atoms with van der Waals surface area (Å²) in [6.45, 7) is 2.09. The molecule has 0 radical (unpaired) electrons. The third-order valence-corrected chi connectivity index (χ3v) is 6.00. The number of carbonyl (C=O) groups is 1. The number of nitrogens with two attached hydrogens (primary N) is 1. The summed E-state index contributed by atoms with van der Waals surface area (Å²) in [6, 6.07) is 9.07. The molecule has 1 saturated heterocycles. The number of hydrogen-bond acceptors (Lipinski definition) is 7. The predicted molar refractivity (Wildman–Crippen MR) is 126 cm³/mol. The average molecular weight is 474 g/mol. The third kappa shape index (κ3) is 4.73. The number of ether oxygens (including phenoxy) is 2. The molecule has 1 aliphatic heterocycles. The quantitative estimate of drug-likeness (QED) is 0.587. The van der Waals surface area contributed by atoms with Crippen LogP contribution in [0.1, 0.15) is 12.0 Å². The number of piperazine rings is 1. The topological polar surface area (TPSA) is 93.8 Å². The molecule has 1 aromatic heterocycles. The number of amides is 1. The number of fused-ring (bicyclic) bond motifs is 1. The van der Waals surface area contributed by atoms with Gasteiger partial charge in [-0.2, -0.15) is 4.98 Å². The van der Waals surface area contributed by atoms with Gasteiger partial charge in [0.25, 0.3) is 0 Å². The van der Waals surface area contributed by atoms with Gasteiger partial charge in [-0.25, -0.2) is 9.37 Å². The van der Waals surface area contributed by atoms with Crippen molar-refractivity contribution >= 4 is 40.2 Å². The number of anilines is 2. The maximum absolute atomic E-state index is 15.0. The van der Waals surface area contributed by atoms with Crippen molar-refractivity contribution in [2.75, 3.05) is 51.0 Å². The summed E-state index contributed by atoms with van der Waals surface area (Å²) >= 11 is 5.91. The summed E-state index contributed by atoms with van der Waals surface area (Å²) in [5.41, 5.74) is 7.25. The van der Waals surface area contributed by atoms with Crippen LogP contribution in [0.15, 0.2) is 30.3 Å². The SMILES string of the molecule is COc1cc2c(N)nc(N3CCN(C(=O)CCc4ccc(Cl)cc4)CC3)nc2c(F)c1OC. The summed E-state index contributed by atoms with van der Waals surface area (Å²) in [4.78, 5) is 25.1. The fraction of sp³-hybridized carbons (Fsp3) is 0.348. The number of hydrogen-bond donors (Lipinski definition) is 1. The molecule has 174 valence electrons. The number of nitrogens with zero attached hydrogens (tertiary/aromatic N) is 4. The lowest BCUT2D eigenvalue weighted by molar-refractivity contribution is -0.131. The van der Waals surface area contributed by atoms with Crippen molar-refractivity contribution in [2.24, 2.45) is 0 Å². The number of carbonyl (C=O) groups excluding carboxylic acids is 1. The Bertz CT molecular complexity index is 1170. The molecule has 33 heavy (non-hydrogen) atoms. The van der Waals surface area contributed by atoms with E-state index in [1.165, 1.54) is 14.2 Å². The van der Waals surface area contributed by atoms with Crippen LogP contribution in [0.3, 0.4) is 0 Å². The van der Waals surface area contributed by atoms with Crippen molar-refractivity contribution in [1.82, 2.24) is 14.9 Å². The second-order valence-electron chi connectivity index (χ2n) is 7.73. The largest absolute Gasteiger partial charge is 0.493 e. The molecule has 0 atom stereocenters. The molecular weight excluding hydrogens is 449 g/mol. The zero-order chi connectivity index (χ0) is 23.5. The van der Waals surface area contributed by atoms with Gasteiger partial charge in [0.1, 0.15) is 11.3 Å². The highest BCUT2D eigenvalue weighted by molar-refractivity contribution is 6.30. The first kappa shape index (κ1) is 22.8. The van der Waals surface area contributed by atoms with E-state index in [1.807, 2.05) is 34.1 Å². The number of halogens is 2. The number of aryl methyl sites for hydroxylation is 1. The molecule has 1 amide bonds. The minimum absolute atomic E-state index is 0.0369. The molecule has 8 nitrogen and oxygen atoms in total. The van der Waals surface area contributed by atoms with Crippen molar-refractivity contribution in [3.05, 3.63) is 46.7 Å². The Hall–Kier alpha value is -3.33. The summed E-state index contributed by atoms with van der Waals surface area (Å²) in [5, 5.41) is 1.03. The Morgan fingerprint density at radius 2 is 1.82 bits per heavy atom. The lowest BCUT2D eigenvalue weighted by Crippen LogP contribution is -2.49. The first-order valence-corrected chi connectivity index (χ1v) is 10.9. The molecule has 4 rings (SSSR count). The fourth-order valence-corrected chi connectivity index (χ4v) is 4.02. The van der Waals surface area contributed by atoms with Crippen molar-refractivity contribution in [3.8, 4) is 11.5 Å². The highest BCUT2D eigenvalue weighted by Crippen LogP contribution is 2.37. The smallest absolute Gasteiger partial charge is 0.228 e. The Morgan fingerprint density at radius 1 is 1.12 bits per heavy atom. The maximum atomic E-state index is 15.0. The summed E-state index contributed by atoms with van der Waals surface area (Å²) in [6.07, 6.45) is 1.08. The molecule has 0 aliphatic carbocycles. The number of nitrogen functional groups attached to an aromatic ring is 1. The van der Waals surface area contributed by atoms with Gasteiger partial charge in [-0.3, -0.25) is 4.79 Å². The van der Waals surface area contributed by atoms with E-state index in [0.717, 1.165) is 5.56 Å². The van der Waals surface area contributed by atoms with Crippen molar-refractivity contribution in [3.63, 3.8) is 0 Å². The van der Waals surface area contributed by atoms with E-state index < -0.39 is 5.82 Å². The Morgan fingerprint density at radius 3 is 2.45 bits per heavy atom. The van der Waals surface area contributed by atoms with E-state index in [-0.39, 0.29) is 28.7 Å². The second-order valence-corrected chi connectivity index (χ2v) is 8.16. The molecule has 2 N–H and O–H groups in total. The normalized spacial score (nSPS) is 13.9. The Balaban J connectivity index is 1.44. The predicted octanol–water partition coefficient (Wildman–Crippen LogP) is 3.30. The van der Waals surface area contributed by atoms with Gasteiger partial charge in [-0.15, -0.1) is 0 Å². The van der Waals surface area contributed by atoms with Gasteiger partial charge in [0.2, 0.25) is 11.9 Å². The monoisotopic (exact) mass is 473 g/mol. The molecule has 0 bridgehead atoms. The van der Waals surface area contributed by atoms with Crippen LogP contribution in [0.2, 0.25) is 5.02 Å². The highest BCUT2D eigenvalue weighted by atomic mass is 35.5. The second kappa shape index (κ2) is 9.66. The van der Waals surface area contributed by atoms with Crippen LogP contribution >= 0.6 is 11.6 Å². The van der Waals surface area contributed by atoms with Crippen LogP contribution in [-0.2, 0) is 11.2 Å². The first-order valence-electron chi connectivity index (χ1n) is 10.6. The third-order valence-electron chi connectivity index (χ3n) is 5.75. The van der Waals surface area contributed by atoms with Gasteiger partial charge < -0.3 is 25.0 Å². The molecule has 2 aromatic carbocycles. The average Bonchev–Trinajstić information content (AvgIpc) is 2.83. The molecule has 2 heterocycles. The van der Waals surface area contributed by atoms with E-state index in [4.69, 9.17) is 26.8 Å². The van der Waals surface area contributed by atoms with Crippen molar-refractivity contribution in [1.29, 1.82) is 0 Å². The minimum Gasteiger partial charge on any atom is -0.493 e. The van der Waals surface area contributed by atoms with Gasteiger partial charge in [0.15, 0.2) is 17.3 Å². The standard InChI is InChI=1S/C23H25ClFN5O3/c1-32-17-13-16-20(19(25)21(17)33-2)27-23(28-22(16)26)30-11-9-29(10-12-30)18(31)8-5-14-3-6-15(24)7-4-14/h3-4,6-7,13H,5,8-12H2,1-2H3,(H2,26,27,28).